The summed E-state index contributed by atoms with van der Waals surface area (Å²) in [5.74, 6) is -1.78. The lowest BCUT2D eigenvalue weighted by atomic mass is 10.1. The molecule has 0 saturated carbocycles. The number of carbonyl (C=O) groups excluding carboxylic acids is 3. The molecule has 0 saturated heterocycles. The molecule has 2 amide bonds. The van der Waals surface area contributed by atoms with E-state index < -0.39 is 31.4 Å². The fourth-order valence-corrected chi connectivity index (χ4v) is 4.19. The summed E-state index contributed by atoms with van der Waals surface area (Å²) in [4.78, 5) is 35.3. The number of hydrogen-bond donors (Lipinski definition) is 2. The summed E-state index contributed by atoms with van der Waals surface area (Å²) in [5, 5.41) is 2.53. The summed E-state index contributed by atoms with van der Waals surface area (Å²) in [6.45, 7) is 5.90. The molecule has 0 aliphatic carbocycles. The van der Waals surface area contributed by atoms with Gasteiger partial charge in [0.2, 0.25) is 5.91 Å². The molecule has 0 spiro atoms. The maximum Gasteiger partial charge on any atom is 0.335 e. The molecule has 1 aromatic carbocycles. The molecule has 9 nitrogen and oxygen atoms in total. The number of nitrogens with two attached hydrogens (primary N) is 1. The number of nitrogens with one attached hydrogen (secondary N) is 1. The average molecular weight is 440 g/mol. The van der Waals surface area contributed by atoms with Gasteiger partial charge in [-0.1, -0.05) is 18.2 Å². The molecule has 0 heterocycles. The summed E-state index contributed by atoms with van der Waals surface area (Å²) in [6.07, 6.45) is 2.72. The van der Waals surface area contributed by atoms with Crippen LogP contribution in [0.25, 0.3) is 0 Å². The standard InChI is InChI=1S/C20H29N2O7P/c1-4-27-18(23)9-7-8-17(19(21)24)22-20(25)16-12-10-15(11-13-16)14-30(26,28-5-2)29-6-3/h7,9-13,17H,4-6,8,14H2,1-3H3,(H2,21,24)(H,22,25)/b9-7+/t17-/m0/s1. The Morgan fingerprint density at radius 2 is 1.67 bits per heavy atom. The van der Waals surface area contributed by atoms with Crippen molar-refractivity contribution in [1.29, 1.82) is 0 Å². The van der Waals surface area contributed by atoms with Crippen LogP contribution in [0.15, 0.2) is 36.4 Å². The first kappa shape index (κ1) is 25.6. The largest absolute Gasteiger partial charge is 0.463 e. The van der Waals surface area contributed by atoms with E-state index >= 15 is 0 Å². The molecule has 0 aliphatic rings. The number of benzene rings is 1. The first-order valence-corrected chi connectivity index (χ1v) is 11.4. The Labute approximate surface area is 176 Å². The van der Waals surface area contributed by atoms with Crippen LogP contribution in [0.1, 0.15) is 43.1 Å². The van der Waals surface area contributed by atoms with Gasteiger partial charge in [-0.25, -0.2) is 4.79 Å². The van der Waals surface area contributed by atoms with Crippen LogP contribution < -0.4 is 11.1 Å². The van der Waals surface area contributed by atoms with Crippen LogP contribution >= 0.6 is 7.60 Å². The molecule has 10 heteroatoms. The number of esters is 1. The van der Waals surface area contributed by atoms with E-state index in [9.17, 15) is 18.9 Å². The molecule has 0 radical (unpaired) electrons. The van der Waals surface area contributed by atoms with E-state index in [1.54, 1.807) is 45.0 Å². The van der Waals surface area contributed by atoms with E-state index in [2.05, 4.69) is 5.32 Å². The fraction of sp³-hybridized carbons (Fsp3) is 0.450. The summed E-state index contributed by atoms with van der Waals surface area (Å²) < 4.78 is 27.9. The lowest BCUT2D eigenvalue weighted by Gasteiger charge is -2.17. The molecule has 30 heavy (non-hydrogen) atoms. The number of amides is 2. The van der Waals surface area contributed by atoms with Crippen LogP contribution in [0.4, 0.5) is 0 Å². The van der Waals surface area contributed by atoms with Gasteiger partial charge in [0.1, 0.15) is 6.04 Å². The van der Waals surface area contributed by atoms with E-state index in [1.165, 1.54) is 12.2 Å². The van der Waals surface area contributed by atoms with E-state index in [0.717, 1.165) is 0 Å². The number of hydrogen-bond acceptors (Lipinski definition) is 7. The minimum Gasteiger partial charge on any atom is -0.463 e. The maximum atomic E-state index is 12.6. The topological polar surface area (TPSA) is 134 Å². The SMILES string of the molecule is CCOC(=O)/C=C/C[C@H](NC(=O)c1ccc(CP(=O)(OCC)OCC)cc1)C(N)=O. The average Bonchev–Trinajstić information content (AvgIpc) is 2.68. The Hall–Kier alpha value is -2.48. The molecule has 1 aromatic rings. The molecule has 1 atom stereocenters. The highest BCUT2D eigenvalue weighted by Gasteiger charge is 2.24. The second-order valence-corrected chi connectivity index (χ2v) is 8.17. The minimum absolute atomic E-state index is 0.0455. The number of carbonyl (C=O) groups is 3. The van der Waals surface area contributed by atoms with E-state index in [4.69, 9.17) is 19.5 Å². The molecule has 0 aliphatic heterocycles. The summed E-state index contributed by atoms with van der Waals surface area (Å²) in [6, 6.07) is 5.37. The Morgan fingerprint density at radius 1 is 1.07 bits per heavy atom. The smallest absolute Gasteiger partial charge is 0.335 e. The van der Waals surface area contributed by atoms with Crippen molar-refractivity contribution in [1.82, 2.24) is 5.32 Å². The van der Waals surface area contributed by atoms with Gasteiger partial charge in [0.05, 0.1) is 26.0 Å². The molecule has 166 valence electrons. The van der Waals surface area contributed by atoms with Crippen molar-refractivity contribution in [3.63, 3.8) is 0 Å². The van der Waals surface area contributed by atoms with Gasteiger partial charge in [-0.05, 0) is 44.9 Å². The molecule has 0 unspecified atom stereocenters. The van der Waals surface area contributed by atoms with Gasteiger partial charge in [-0.2, -0.15) is 0 Å². The van der Waals surface area contributed by atoms with E-state index in [0.29, 0.717) is 11.1 Å². The third kappa shape index (κ3) is 8.90. The minimum atomic E-state index is -3.25. The molecule has 1 rings (SSSR count). The third-order valence-corrected chi connectivity index (χ3v) is 5.86. The number of rotatable bonds is 13. The van der Waals surface area contributed by atoms with Gasteiger partial charge in [0, 0.05) is 11.6 Å². The van der Waals surface area contributed by atoms with Crippen molar-refractivity contribution >= 4 is 25.4 Å². The molecular formula is C20H29N2O7P. The molecular weight excluding hydrogens is 411 g/mol. The second kappa shape index (κ2) is 13.0. The van der Waals surface area contributed by atoms with Gasteiger partial charge in [-0.15, -0.1) is 0 Å². The van der Waals surface area contributed by atoms with Crippen molar-refractivity contribution in [2.24, 2.45) is 5.73 Å². The first-order valence-electron chi connectivity index (χ1n) is 9.65. The number of ether oxygens (including phenoxy) is 1. The lowest BCUT2D eigenvalue weighted by Crippen LogP contribution is -2.44. The van der Waals surface area contributed by atoms with Crippen LogP contribution in [0.5, 0.6) is 0 Å². The van der Waals surface area contributed by atoms with E-state index in [1.807, 2.05) is 0 Å². The Morgan fingerprint density at radius 3 is 2.17 bits per heavy atom. The van der Waals surface area contributed by atoms with Crippen molar-refractivity contribution in [3.05, 3.63) is 47.5 Å². The van der Waals surface area contributed by atoms with Crippen molar-refractivity contribution in [3.8, 4) is 0 Å². The Bertz CT molecular complexity index is 783. The third-order valence-electron chi connectivity index (χ3n) is 3.81. The highest BCUT2D eigenvalue weighted by Crippen LogP contribution is 2.51. The summed E-state index contributed by atoms with van der Waals surface area (Å²) in [5.41, 5.74) is 6.30. The zero-order valence-corrected chi connectivity index (χ0v) is 18.4. The predicted molar refractivity (Wildman–Crippen MR) is 112 cm³/mol. The van der Waals surface area contributed by atoms with Gasteiger partial charge in [0.15, 0.2) is 0 Å². The number of primary amides is 1. The summed E-state index contributed by atoms with van der Waals surface area (Å²) >= 11 is 0. The molecule has 0 aromatic heterocycles. The van der Waals surface area contributed by atoms with Crippen LogP contribution in [-0.4, -0.2) is 43.6 Å². The molecule has 0 bridgehead atoms. The van der Waals surface area contributed by atoms with Crippen molar-refractivity contribution < 1.29 is 32.7 Å². The zero-order valence-electron chi connectivity index (χ0n) is 17.5. The van der Waals surface area contributed by atoms with Crippen LogP contribution in [0.2, 0.25) is 0 Å². The normalized spacial score (nSPS) is 12.5. The van der Waals surface area contributed by atoms with Crippen LogP contribution in [0.3, 0.4) is 0 Å². The van der Waals surface area contributed by atoms with Gasteiger partial charge >= 0.3 is 13.6 Å². The quantitative estimate of drug-likeness (QED) is 0.273. The predicted octanol–water partition coefficient (Wildman–Crippen LogP) is 2.55. The van der Waals surface area contributed by atoms with Crippen molar-refractivity contribution in [2.75, 3.05) is 19.8 Å². The van der Waals surface area contributed by atoms with Crippen LogP contribution in [-0.2, 0) is 34.1 Å². The van der Waals surface area contributed by atoms with Crippen molar-refractivity contribution in [2.45, 2.75) is 39.4 Å². The maximum absolute atomic E-state index is 12.6. The Kier molecular flexibility index (Phi) is 11.0. The fourth-order valence-electron chi connectivity index (χ4n) is 2.49. The molecule has 0 fully saturated rings. The monoisotopic (exact) mass is 440 g/mol. The lowest BCUT2D eigenvalue weighted by molar-refractivity contribution is -0.137. The highest BCUT2D eigenvalue weighted by atomic mass is 31.2. The zero-order chi connectivity index (χ0) is 22.6. The second-order valence-electron chi connectivity index (χ2n) is 6.12. The van der Waals surface area contributed by atoms with Gasteiger partial charge in [-0.3, -0.25) is 14.2 Å². The first-order chi connectivity index (χ1) is 14.2. The van der Waals surface area contributed by atoms with Crippen LogP contribution in [0, 0.1) is 0 Å². The highest BCUT2D eigenvalue weighted by molar-refractivity contribution is 7.53. The van der Waals surface area contributed by atoms with Gasteiger partial charge in [0.25, 0.3) is 5.91 Å². The van der Waals surface area contributed by atoms with Gasteiger partial charge < -0.3 is 24.8 Å². The molecule has 3 N–H and O–H groups in total. The summed E-state index contributed by atoms with van der Waals surface area (Å²) in [7, 11) is -3.25. The van der Waals surface area contributed by atoms with E-state index in [-0.39, 0.29) is 32.4 Å². The Balaban J connectivity index is 2.77.